The van der Waals surface area contributed by atoms with Crippen LogP contribution in [0.15, 0.2) is 0 Å². The number of carboxylic acids is 1. The summed E-state index contributed by atoms with van der Waals surface area (Å²) in [6.45, 7) is 1.91. The van der Waals surface area contributed by atoms with Crippen LogP contribution < -0.4 is 5.73 Å². The van der Waals surface area contributed by atoms with Gasteiger partial charge in [-0.15, -0.1) is 0 Å². The van der Waals surface area contributed by atoms with Crippen LogP contribution in [-0.2, 0) is 9.59 Å². The lowest BCUT2D eigenvalue weighted by Gasteiger charge is -2.40. The van der Waals surface area contributed by atoms with Crippen molar-refractivity contribution in [1.29, 1.82) is 0 Å². The highest BCUT2D eigenvalue weighted by Crippen LogP contribution is 2.23. The van der Waals surface area contributed by atoms with Gasteiger partial charge in [-0.2, -0.15) is 0 Å². The molecule has 100 valence electrons. The third-order valence-corrected chi connectivity index (χ3v) is 3.55. The van der Waals surface area contributed by atoms with Crippen LogP contribution in [0, 0.1) is 11.8 Å². The predicted octanol–water partition coefficient (Wildman–Crippen LogP) is -0.680. The number of carboxylic acid groups (broad SMARTS) is 1. The van der Waals surface area contributed by atoms with Crippen LogP contribution in [0.25, 0.3) is 0 Å². The molecule has 0 aromatic rings. The summed E-state index contributed by atoms with van der Waals surface area (Å²) in [5.74, 6) is -1.38. The molecule has 2 heterocycles. The summed E-state index contributed by atoms with van der Waals surface area (Å²) >= 11 is 0. The molecule has 3 amide bonds. The van der Waals surface area contributed by atoms with Gasteiger partial charge in [0.2, 0.25) is 5.91 Å². The van der Waals surface area contributed by atoms with Gasteiger partial charge in [-0.05, 0) is 6.42 Å². The van der Waals surface area contributed by atoms with Gasteiger partial charge >= 0.3 is 12.0 Å². The highest BCUT2D eigenvalue weighted by Gasteiger charge is 2.37. The van der Waals surface area contributed by atoms with Crippen molar-refractivity contribution in [3.8, 4) is 0 Å². The van der Waals surface area contributed by atoms with Gasteiger partial charge in [0.1, 0.15) is 0 Å². The Morgan fingerprint density at radius 1 is 1.17 bits per heavy atom. The van der Waals surface area contributed by atoms with E-state index >= 15 is 0 Å². The van der Waals surface area contributed by atoms with Crippen molar-refractivity contribution < 1.29 is 19.5 Å². The molecule has 18 heavy (non-hydrogen) atoms. The molecule has 0 saturated carbocycles. The lowest BCUT2D eigenvalue weighted by atomic mass is 9.97. The first-order chi connectivity index (χ1) is 8.47. The molecule has 0 radical (unpaired) electrons. The molecule has 2 fully saturated rings. The molecule has 0 aliphatic carbocycles. The number of likely N-dealkylation sites (tertiary alicyclic amines) is 2. The molecule has 2 aliphatic heterocycles. The lowest BCUT2D eigenvalue weighted by molar-refractivity contribution is -0.139. The van der Waals surface area contributed by atoms with Gasteiger partial charge in [0, 0.05) is 32.1 Å². The number of nitrogens with zero attached hydrogens (tertiary/aromatic N) is 2. The fraction of sp³-hybridized carbons (Fsp3) is 0.727. The van der Waals surface area contributed by atoms with E-state index < -0.39 is 5.97 Å². The van der Waals surface area contributed by atoms with Crippen LogP contribution in [0.3, 0.4) is 0 Å². The Hall–Kier alpha value is -1.79. The monoisotopic (exact) mass is 255 g/mol. The summed E-state index contributed by atoms with van der Waals surface area (Å²) in [5.41, 5.74) is 5.20. The minimum absolute atomic E-state index is 0.0565. The van der Waals surface area contributed by atoms with Gasteiger partial charge in [-0.1, -0.05) is 0 Å². The minimum Gasteiger partial charge on any atom is -0.481 e. The van der Waals surface area contributed by atoms with Crippen LogP contribution in [0.1, 0.15) is 12.8 Å². The molecule has 2 aliphatic rings. The molecule has 0 aromatic carbocycles. The van der Waals surface area contributed by atoms with Crippen LogP contribution in [-0.4, -0.2) is 59.0 Å². The number of hydrogen-bond donors (Lipinski definition) is 2. The van der Waals surface area contributed by atoms with Crippen LogP contribution in [0.4, 0.5) is 4.79 Å². The van der Waals surface area contributed by atoms with E-state index in [0.29, 0.717) is 32.6 Å². The summed E-state index contributed by atoms with van der Waals surface area (Å²) in [6.07, 6.45) is 0.723. The zero-order valence-electron chi connectivity index (χ0n) is 10.0. The molecule has 2 saturated heterocycles. The van der Waals surface area contributed by atoms with Crippen molar-refractivity contribution >= 4 is 17.9 Å². The van der Waals surface area contributed by atoms with E-state index in [4.69, 9.17) is 10.8 Å². The Kier molecular flexibility index (Phi) is 3.40. The summed E-state index contributed by atoms with van der Waals surface area (Å²) in [4.78, 5) is 36.7. The molecule has 1 atom stereocenters. The van der Waals surface area contributed by atoms with Gasteiger partial charge < -0.3 is 20.6 Å². The zero-order valence-corrected chi connectivity index (χ0v) is 10.0. The number of carbonyl (C=O) groups is 3. The smallest absolute Gasteiger partial charge is 0.320 e. The number of carbonyl (C=O) groups excluding carboxylic acids is 2. The fourth-order valence-corrected chi connectivity index (χ4v) is 2.47. The average Bonchev–Trinajstić information content (AvgIpc) is 2.70. The van der Waals surface area contributed by atoms with Crippen LogP contribution >= 0.6 is 0 Å². The molecule has 1 unspecified atom stereocenters. The van der Waals surface area contributed by atoms with E-state index in [-0.39, 0.29) is 30.2 Å². The van der Waals surface area contributed by atoms with Gasteiger partial charge in [0.15, 0.2) is 0 Å². The Balaban J connectivity index is 1.77. The second kappa shape index (κ2) is 4.83. The number of rotatable bonds is 3. The Morgan fingerprint density at radius 3 is 2.33 bits per heavy atom. The Bertz CT molecular complexity index is 378. The first-order valence-electron chi connectivity index (χ1n) is 6.02. The maximum atomic E-state index is 12.0. The van der Waals surface area contributed by atoms with Crippen molar-refractivity contribution in [3.63, 3.8) is 0 Å². The van der Waals surface area contributed by atoms with Gasteiger partial charge in [0.05, 0.1) is 12.3 Å². The zero-order chi connectivity index (χ0) is 13.3. The quantitative estimate of drug-likeness (QED) is 0.697. The van der Waals surface area contributed by atoms with E-state index in [1.54, 1.807) is 9.80 Å². The third kappa shape index (κ3) is 2.55. The molecule has 0 bridgehead atoms. The third-order valence-electron chi connectivity index (χ3n) is 3.55. The van der Waals surface area contributed by atoms with E-state index in [2.05, 4.69) is 0 Å². The number of primary amides is 1. The van der Waals surface area contributed by atoms with Crippen molar-refractivity contribution in [2.45, 2.75) is 12.8 Å². The normalized spacial score (nSPS) is 23.9. The first-order valence-corrected chi connectivity index (χ1v) is 6.02. The van der Waals surface area contributed by atoms with Crippen molar-refractivity contribution in [3.05, 3.63) is 0 Å². The number of nitrogens with two attached hydrogens (primary N) is 1. The molecule has 2 rings (SSSR count). The van der Waals surface area contributed by atoms with Gasteiger partial charge in [-0.3, -0.25) is 9.59 Å². The lowest BCUT2D eigenvalue weighted by Crippen LogP contribution is -2.55. The summed E-state index contributed by atoms with van der Waals surface area (Å²) < 4.78 is 0. The number of amides is 3. The average molecular weight is 255 g/mol. The second-order valence-corrected chi connectivity index (χ2v) is 4.99. The summed E-state index contributed by atoms with van der Waals surface area (Å²) in [5, 5.41) is 8.62. The standard InChI is InChI=1S/C11H17N3O4/c12-10(17)8-1-2-13(6-8)11(18)14-4-7(5-14)3-9(15)16/h7-8H,1-6H2,(H2,12,17)(H,15,16). The SMILES string of the molecule is NC(=O)C1CCN(C(=O)N2CC(CC(=O)O)C2)C1. The predicted molar refractivity (Wildman–Crippen MR) is 61.6 cm³/mol. The molecule has 3 N–H and O–H groups in total. The number of urea groups is 1. The van der Waals surface area contributed by atoms with E-state index in [1.807, 2.05) is 0 Å². The van der Waals surface area contributed by atoms with Crippen molar-refractivity contribution in [1.82, 2.24) is 9.80 Å². The highest BCUT2D eigenvalue weighted by atomic mass is 16.4. The highest BCUT2D eigenvalue weighted by molar-refractivity contribution is 5.80. The number of aliphatic carboxylic acids is 1. The largest absolute Gasteiger partial charge is 0.481 e. The molecule has 0 spiro atoms. The maximum absolute atomic E-state index is 12.0. The number of hydrogen-bond acceptors (Lipinski definition) is 3. The maximum Gasteiger partial charge on any atom is 0.320 e. The topological polar surface area (TPSA) is 104 Å². The first kappa shape index (κ1) is 12.7. The van der Waals surface area contributed by atoms with Gasteiger partial charge in [-0.25, -0.2) is 4.79 Å². The Morgan fingerprint density at radius 2 is 1.83 bits per heavy atom. The molecule has 7 nitrogen and oxygen atoms in total. The Labute approximate surface area is 105 Å². The molecule has 0 aromatic heterocycles. The van der Waals surface area contributed by atoms with Gasteiger partial charge in [0.25, 0.3) is 0 Å². The van der Waals surface area contributed by atoms with Crippen molar-refractivity contribution in [2.24, 2.45) is 17.6 Å². The summed E-state index contributed by atoms with van der Waals surface area (Å²) in [7, 11) is 0. The fourth-order valence-electron chi connectivity index (χ4n) is 2.47. The molecule has 7 heteroatoms. The van der Waals surface area contributed by atoms with E-state index in [0.717, 1.165) is 0 Å². The molecular formula is C11H17N3O4. The van der Waals surface area contributed by atoms with Crippen molar-refractivity contribution in [2.75, 3.05) is 26.2 Å². The summed E-state index contributed by atoms with van der Waals surface area (Å²) in [6, 6.07) is -0.111. The van der Waals surface area contributed by atoms with Crippen LogP contribution in [0.5, 0.6) is 0 Å². The molecular weight excluding hydrogens is 238 g/mol. The van der Waals surface area contributed by atoms with Crippen LogP contribution in [0.2, 0.25) is 0 Å². The second-order valence-electron chi connectivity index (χ2n) is 4.99. The van der Waals surface area contributed by atoms with E-state index in [1.165, 1.54) is 0 Å². The minimum atomic E-state index is -0.831. The van der Waals surface area contributed by atoms with E-state index in [9.17, 15) is 14.4 Å².